The number of amides is 1. The molecule has 2 aromatic heterocycles. The lowest BCUT2D eigenvalue weighted by atomic mass is 9.97. The molecule has 1 N–H and O–H groups in total. The summed E-state index contributed by atoms with van der Waals surface area (Å²) in [7, 11) is 0. The molecule has 6 heteroatoms. The van der Waals surface area contributed by atoms with Gasteiger partial charge in [0.1, 0.15) is 5.58 Å². The number of aryl methyl sites for hydroxylation is 1. The van der Waals surface area contributed by atoms with Crippen molar-refractivity contribution in [3.8, 4) is 0 Å². The van der Waals surface area contributed by atoms with E-state index in [-0.39, 0.29) is 11.8 Å². The van der Waals surface area contributed by atoms with Gasteiger partial charge in [-0.05, 0) is 66.4 Å². The molecule has 0 aliphatic carbocycles. The molecule has 0 spiro atoms. The molecule has 3 heterocycles. The summed E-state index contributed by atoms with van der Waals surface area (Å²) in [5.74, 6) is 0.269. The number of furan rings is 1. The predicted octanol–water partition coefficient (Wildman–Crippen LogP) is 5.08. The lowest BCUT2D eigenvalue weighted by molar-refractivity contribution is 0.0737. The fourth-order valence-corrected chi connectivity index (χ4v) is 4.56. The van der Waals surface area contributed by atoms with Crippen molar-refractivity contribution in [3.63, 3.8) is 0 Å². The molecule has 0 unspecified atom stereocenters. The zero-order valence-electron chi connectivity index (χ0n) is 19.4. The van der Waals surface area contributed by atoms with E-state index in [0.29, 0.717) is 38.4 Å². The molecular formula is C28H29N3O3. The highest BCUT2D eigenvalue weighted by atomic mass is 16.5. The Kier molecular flexibility index (Phi) is 6.58. The predicted molar refractivity (Wildman–Crippen MR) is 133 cm³/mol. The second-order valence-corrected chi connectivity index (χ2v) is 8.88. The zero-order valence-corrected chi connectivity index (χ0v) is 19.4. The van der Waals surface area contributed by atoms with Crippen molar-refractivity contribution in [1.29, 1.82) is 0 Å². The van der Waals surface area contributed by atoms with Crippen LogP contribution in [-0.4, -0.2) is 42.1 Å². The van der Waals surface area contributed by atoms with Crippen LogP contribution in [0.1, 0.15) is 27.0 Å². The van der Waals surface area contributed by atoms with Gasteiger partial charge >= 0.3 is 0 Å². The highest BCUT2D eigenvalue weighted by molar-refractivity contribution is 5.95. The Morgan fingerprint density at radius 1 is 1.15 bits per heavy atom. The number of rotatable bonds is 6. The number of ether oxygens (including phenoxy) is 1. The minimum Gasteiger partial charge on any atom is -0.464 e. The maximum Gasteiger partial charge on any atom is 0.254 e. The molecule has 1 atom stereocenters. The van der Waals surface area contributed by atoms with Crippen molar-refractivity contribution in [1.82, 2.24) is 9.88 Å². The number of anilines is 1. The molecule has 34 heavy (non-hydrogen) atoms. The van der Waals surface area contributed by atoms with Crippen LogP contribution in [-0.2, 0) is 17.7 Å². The van der Waals surface area contributed by atoms with E-state index in [1.807, 2.05) is 53.4 Å². The van der Waals surface area contributed by atoms with E-state index in [9.17, 15) is 4.79 Å². The van der Waals surface area contributed by atoms with Crippen LogP contribution in [0.3, 0.4) is 0 Å². The molecule has 2 aromatic carbocycles. The first-order valence-electron chi connectivity index (χ1n) is 11.7. The van der Waals surface area contributed by atoms with Crippen molar-refractivity contribution in [3.05, 3.63) is 95.5 Å². The van der Waals surface area contributed by atoms with E-state index in [2.05, 4.69) is 23.3 Å². The number of carbonyl (C=O) groups excluding carboxylic acids is 1. The number of fused-ring (bicyclic) bond motifs is 1. The largest absolute Gasteiger partial charge is 0.464 e. The van der Waals surface area contributed by atoms with E-state index in [0.717, 1.165) is 34.2 Å². The lowest BCUT2D eigenvalue weighted by Crippen LogP contribution is -2.36. The van der Waals surface area contributed by atoms with Gasteiger partial charge in [-0.2, -0.15) is 0 Å². The SMILES string of the molecule is Cc1ccc(C(=O)N2CCOC[C@H](Cc3cccc4occc34)C2)cc1NCc1ccncc1. The van der Waals surface area contributed by atoms with Gasteiger partial charge in [0, 0.05) is 54.6 Å². The number of benzene rings is 2. The van der Waals surface area contributed by atoms with Crippen molar-refractivity contribution < 1.29 is 13.9 Å². The molecule has 1 amide bonds. The Morgan fingerprint density at radius 2 is 2.03 bits per heavy atom. The first-order chi connectivity index (χ1) is 16.7. The number of nitrogens with zero attached hydrogens (tertiary/aromatic N) is 2. The first-order valence-corrected chi connectivity index (χ1v) is 11.7. The standard InChI is InChI=1S/C28H29N3O3/c1-20-5-6-24(16-26(20)30-17-21-7-10-29-11-8-21)28(32)31-12-14-33-19-22(18-31)15-23-3-2-4-27-25(23)9-13-34-27/h2-11,13,16,22,30H,12,14-15,17-19H2,1H3/t22-/m1/s1. The summed E-state index contributed by atoms with van der Waals surface area (Å²) in [6.45, 7) is 5.19. The van der Waals surface area contributed by atoms with Crippen molar-refractivity contribution >= 4 is 22.6 Å². The Morgan fingerprint density at radius 3 is 2.91 bits per heavy atom. The quantitative estimate of drug-likeness (QED) is 0.439. The van der Waals surface area contributed by atoms with Crippen molar-refractivity contribution in [2.24, 2.45) is 5.92 Å². The third-order valence-electron chi connectivity index (χ3n) is 6.44. The lowest BCUT2D eigenvalue weighted by Gasteiger charge is -2.24. The van der Waals surface area contributed by atoms with Crippen LogP contribution in [0.25, 0.3) is 11.0 Å². The van der Waals surface area contributed by atoms with Crippen LogP contribution in [0.2, 0.25) is 0 Å². The Hall–Kier alpha value is -3.64. The first kappa shape index (κ1) is 22.2. The number of nitrogens with one attached hydrogen (secondary N) is 1. The number of hydrogen-bond acceptors (Lipinski definition) is 5. The van der Waals surface area contributed by atoms with Gasteiger partial charge in [0.2, 0.25) is 0 Å². The highest BCUT2D eigenvalue weighted by Gasteiger charge is 2.24. The van der Waals surface area contributed by atoms with Crippen LogP contribution < -0.4 is 5.32 Å². The topological polar surface area (TPSA) is 67.6 Å². The summed E-state index contributed by atoms with van der Waals surface area (Å²) in [6.07, 6.45) is 6.14. The van der Waals surface area contributed by atoms with Crippen molar-refractivity contribution in [2.45, 2.75) is 19.9 Å². The van der Waals surface area contributed by atoms with E-state index >= 15 is 0 Å². The number of pyridine rings is 1. The second-order valence-electron chi connectivity index (χ2n) is 8.88. The molecule has 1 aliphatic heterocycles. The number of carbonyl (C=O) groups is 1. The van der Waals surface area contributed by atoms with Gasteiger partial charge in [-0.25, -0.2) is 0 Å². The summed E-state index contributed by atoms with van der Waals surface area (Å²) in [6, 6.07) is 18.0. The maximum absolute atomic E-state index is 13.5. The van der Waals surface area contributed by atoms with E-state index in [1.165, 1.54) is 5.56 Å². The minimum atomic E-state index is 0.0454. The maximum atomic E-state index is 13.5. The monoisotopic (exact) mass is 455 g/mol. The minimum absolute atomic E-state index is 0.0454. The molecule has 0 saturated carbocycles. The molecular weight excluding hydrogens is 426 g/mol. The summed E-state index contributed by atoms with van der Waals surface area (Å²) in [4.78, 5) is 19.5. The molecule has 1 aliphatic rings. The Bertz CT molecular complexity index is 1270. The van der Waals surface area contributed by atoms with Gasteiger partial charge in [-0.15, -0.1) is 0 Å². The smallest absolute Gasteiger partial charge is 0.254 e. The summed E-state index contributed by atoms with van der Waals surface area (Å²) in [5, 5.41) is 4.60. The summed E-state index contributed by atoms with van der Waals surface area (Å²) >= 11 is 0. The normalized spacial score (nSPS) is 16.4. The van der Waals surface area contributed by atoms with Crippen LogP contribution >= 0.6 is 0 Å². The summed E-state index contributed by atoms with van der Waals surface area (Å²) in [5.41, 5.74) is 6.04. The van der Waals surface area contributed by atoms with Crippen LogP contribution in [0.15, 0.2) is 77.7 Å². The van der Waals surface area contributed by atoms with Gasteiger partial charge in [-0.1, -0.05) is 18.2 Å². The summed E-state index contributed by atoms with van der Waals surface area (Å²) < 4.78 is 11.4. The molecule has 4 aromatic rings. The Balaban J connectivity index is 1.29. The van der Waals surface area contributed by atoms with E-state index in [1.54, 1.807) is 18.7 Å². The highest BCUT2D eigenvalue weighted by Crippen LogP contribution is 2.25. The van der Waals surface area contributed by atoms with Crippen LogP contribution in [0.5, 0.6) is 0 Å². The van der Waals surface area contributed by atoms with E-state index in [4.69, 9.17) is 9.15 Å². The molecule has 6 nitrogen and oxygen atoms in total. The average molecular weight is 456 g/mol. The fourth-order valence-electron chi connectivity index (χ4n) is 4.56. The molecule has 0 radical (unpaired) electrons. The number of hydrogen-bond donors (Lipinski definition) is 1. The van der Waals surface area contributed by atoms with Crippen LogP contribution in [0.4, 0.5) is 5.69 Å². The molecule has 0 bridgehead atoms. The molecule has 174 valence electrons. The van der Waals surface area contributed by atoms with Crippen molar-refractivity contribution in [2.75, 3.05) is 31.6 Å². The van der Waals surface area contributed by atoms with Gasteiger partial charge in [0.15, 0.2) is 0 Å². The van der Waals surface area contributed by atoms with Gasteiger partial charge in [-0.3, -0.25) is 9.78 Å². The Labute approximate surface area is 199 Å². The fraction of sp³-hybridized carbons (Fsp3) is 0.286. The van der Waals surface area contributed by atoms with Gasteiger partial charge in [0.25, 0.3) is 5.91 Å². The van der Waals surface area contributed by atoms with Gasteiger partial charge < -0.3 is 19.4 Å². The average Bonchev–Trinajstić information content (AvgIpc) is 3.24. The molecule has 5 rings (SSSR count). The second kappa shape index (κ2) is 10.1. The molecule has 1 saturated heterocycles. The van der Waals surface area contributed by atoms with Crippen LogP contribution in [0, 0.1) is 12.8 Å². The third-order valence-corrected chi connectivity index (χ3v) is 6.44. The van der Waals surface area contributed by atoms with Gasteiger partial charge in [0.05, 0.1) is 19.5 Å². The third kappa shape index (κ3) is 4.97. The number of aromatic nitrogens is 1. The zero-order chi connectivity index (χ0) is 23.3. The van der Waals surface area contributed by atoms with E-state index < -0.39 is 0 Å². The molecule has 1 fully saturated rings.